The minimum atomic E-state index is 0.266. The lowest BCUT2D eigenvalue weighted by Gasteiger charge is -2.34. The van der Waals surface area contributed by atoms with Crippen LogP contribution in [0.3, 0.4) is 0 Å². The second-order valence-corrected chi connectivity index (χ2v) is 6.39. The van der Waals surface area contributed by atoms with E-state index in [9.17, 15) is 0 Å². The number of hydrogen-bond donors (Lipinski definition) is 0. The number of alkyl halides is 1. The Kier molecular flexibility index (Phi) is 5.78. The molecule has 2 nitrogen and oxygen atoms in total. The van der Waals surface area contributed by atoms with E-state index in [1.54, 1.807) is 0 Å². The maximum absolute atomic E-state index is 6.43. The molecule has 1 unspecified atom stereocenters. The molecule has 2 fully saturated rings. The van der Waals surface area contributed by atoms with E-state index in [4.69, 9.17) is 16.3 Å². The van der Waals surface area contributed by atoms with Gasteiger partial charge in [0.25, 0.3) is 0 Å². The highest BCUT2D eigenvalue weighted by Crippen LogP contribution is 2.41. The molecule has 1 saturated carbocycles. The van der Waals surface area contributed by atoms with Crippen LogP contribution in [-0.2, 0) is 4.74 Å². The van der Waals surface area contributed by atoms with Crippen LogP contribution in [0.4, 0.5) is 0 Å². The van der Waals surface area contributed by atoms with Gasteiger partial charge < -0.3 is 4.74 Å². The summed E-state index contributed by atoms with van der Waals surface area (Å²) in [6.07, 6.45) is 10.9. The van der Waals surface area contributed by atoms with Gasteiger partial charge in [-0.25, -0.2) is 0 Å². The quantitative estimate of drug-likeness (QED) is 0.682. The highest BCUT2D eigenvalue weighted by Gasteiger charge is 2.40. The van der Waals surface area contributed by atoms with Crippen LogP contribution in [0.5, 0.6) is 0 Å². The van der Waals surface area contributed by atoms with Crippen molar-refractivity contribution in [2.75, 3.05) is 25.5 Å². The van der Waals surface area contributed by atoms with Crippen LogP contribution in [0.15, 0.2) is 0 Å². The largest absolute Gasteiger partial charge is 0.370 e. The summed E-state index contributed by atoms with van der Waals surface area (Å²) in [6, 6.07) is 0. The fourth-order valence-electron chi connectivity index (χ4n) is 3.61. The molecule has 2 rings (SSSR count). The predicted molar refractivity (Wildman–Crippen MR) is 77.4 cm³/mol. The summed E-state index contributed by atoms with van der Waals surface area (Å²) < 4.78 is 6.43. The van der Waals surface area contributed by atoms with E-state index >= 15 is 0 Å². The molecule has 3 heteroatoms. The van der Waals surface area contributed by atoms with Crippen LogP contribution in [0.1, 0.15) is 58.3 Å². The first kappa shape index (κ1) is 14.6. The van der Waals surface area contributed by atoms with E-state index in [1.165, 1.54) is 51.4 Å². The van der Waals surface area contributed by atoms with Crippen molar-refractivity contribution in [1.82, 2.24) is 4.90 Å². The maximum Gasteiger partial charge on any atom is 0.0710 e. The Morgan fingerprint density at radius 1 is 1.17 bits per heavy atom. The molecule has 0 bridgehead atoms. The van der Waals surface area contributed by atoms with Crippen molar-refractivity contribution < 1.29 is 4.74 Å². The van der Waals surface area contributed by atoms with Gasteiger partial charge in [0, 0.05) is 19.0 Å². The normalized spacial score (nSPS) is 27.2. The predicted octanol–water partition coefficient (Wildman–Crippen LogP) is 3.82. The second-order valence-electron chi connectivity index (χ2n) is 6.01. The zero-order valence-corrected chi connectivity index (χ0v) is 12.6. The van der Waals surface area contributed by atoms with Crippen LogP contribution in [-0.4, -0.2) is 42.1 Å². The fraction of sp³-hybridized carbons (Fsp3) is 1.00. The Balaban J connectivity index is 1.80. The van der Waals surface area contributed by atoms with E-state index in [0.29, 0.717) is 6.10 Å². The number of nitrogens with zero attached hydrogens (tertiary/aromatic N) is 1. The average Bonchev–Trinajstić information content (AvgIpc) is 2.74. The van der Waals surface area contributed by atoms with Gasteiger partial charge in [0.15, 0.2) is 0 Å². The second kappa shape index (κ2) is 7.12. The highest BCUT2D eigenvalue weighted by molar-refractivity contribution is 6.18. The minimum Gasteiger partial charge on any atom is -0.370 e. The molecule has 1 saturated heterocycles. The van der Waals surface area contributed by atoms with E-state index < -0.39 is 0 Å². The molecule has 0 N–H and O–H groups in total. The van der Waals surface area contributed by atoms with E-state index in [0.717, 1.165) is 25.5 Å². The average molecular weight is 274 g/mol. The molecular formula is C15H28ClNO. The third-order valence-electron chi connectivity index (χ3n) is 4.51. The monoisotopic (exact) mass is 273 g/mol. The molecule has 2 aliphatic rings. The lowest BCUT2D eigenvalue weighted by molar-refractivity contribution is -0.0714. The maximum atomic E-state index is 6.43. The van der Waals surface area contributed by atoms with Gasteiger partial charge in [0.2, 0.25) is 0 Å². The van der Waals surface area contributed by atoms with Gasteiger partial charge in [-0.15, -0.1) is 11.6 Å². The minimum absolute atomic E-state index is 0.266. The fourth-order valence-corrected chi connectivity index (χ4v) is 3.85. The Morgan fingerprint density at radius 3 is 2.61 bits per heavy atom. The first-order valence-corrected chi connectivity index (χ1v) is 8.27. The van der Waals surface area contributed by atoms with Crippen LogP contribution in [0.2, 0.25) is 0 Å². The smallest absolute Gasteiger partial charge is 0.0710 e. The standard InChI is InChI=1S/C15H28ClNO/c1-2-11-17(12-10-16)13-14-6-9-15(18-14)7-4-3-5-8-15/h14H,2-13H2,1H3. The highest BCUT2D eigenvalue weighted by atomic mass is 35.5. The third-order valence-corrected chi connectivity index (χ3v) is 4.67. The van der Waals surface area contributed by atoms with Gasteiger partial charge in [-0.05, 0) is 38.6 Å². The Labute approximate surface area is 117 Å². The summed E-state index contributed by atoms with van der Waals surface area (Å²) in [6.45, 7) is 5.48. The van der Waals surface area contributed by atoms with E-state index in [1.807, 2.05) is 0 Å². The van der Waals surface area contributed by atoms with Crippen molar-refractivity contribution >= 4 is 11.6 Å². The lowest BCUT2D eigenvalue weighted by atomic mass is 9.83. The van der Waals surface area contributed by atoms with Gasteiger partial charge in [0.1, 0.15) is 0 Å². The van der Waals surface area contributed by atoms with Crippen LogP contribution < -0.4 is 0 Å². The molecule has 1 atom stereocenters. The van der Waals surface area contributed by atoms with Crippen molar-refractivity contribution in [1.29, 1.82) is 0 Å². The molecule has 0 amide bonds. The SMILES string of the molecule is CCCN(CCCl)CC1CCC2(CCCCC2)O1. The Hall–Kier alpha value is 0.210. The molecule has 0 aromatic carbocycles. The number of rotatable bonds is 6. The summed E-state index contributed by atoms with van der Waals surface area (Å²) in [5.74, 6) is 0.734. The molecule has 0 aromatic heterocycles. The van der Waals surface area contributed by atoms with E-state index in [-0.39, 0.29) is 5.60 Å². The number of hydrogen-bond acceptors (Lipinski definition) is 2. The zero-order chi connectivity index (χ0) is 12.8. The van der Waals surface area contributed by atoms with Crippen molar-refractivity contribution in [2.24, 2.45) is 0 Å². The van der Waals surface area contributed by atoms with Gasteiger partial charge in [-0.3, -0.25) is 4.90 Å². The van der Waals surface area contributed by atoms with Gasteiger partial charge in [-0.1, -0.05) is 26.2 Å². The summed E-state index contributed by atoms with van der Waals surface area (Å²) >= 11 is 5.88. The van der Waals surface area contributed by atoms with Crippen LogP contribution in [0.25, 0.3) is 0 Å². The molecular weight excluding hydrogens is 246 g/mol. The Morgan fingerprint density at radius 2 is 1.94 bits per heavy atom. The van der Waals surface area contributed by atoms with Crippen molar-refractivity contribution in [3.05, 3.63) is 0 Å². The van der Waals surface area contributed by atoms with Crippen LogP contribution in [0, 0.1) is 0 Å². The topological polar surface area (TPSA) is 12.5 Å². The lowest BCUT2D eigenvalue weighted by Crippen LogP contribution is -2.37. The molecule has 1 spiro atoms. The van der Waals surface area contributed by atoms with Gasteiger partial charge in [-0.2, -0.15) is 0 Å². The van der Waals surface area contributed by atoms with Crippen LogP contribution >= 0.6 is 11.6 Å². The van der Waals surface area contributed by atoms with Crippen molar-refractivity contribution in [3.63, 3.8) is 0 Å². The van der Waals surface area contributed by atoms with Crippen molar-refractivity contribution in [2.45, 2.75) is 70.0 Å². The number of halogens is 1. The zero-order valence-electron chi connectivity index (χ0n) is 11.8. The first-order chi connectivity index (χ1) is 8.78. The molecule has 1 aliphatic heterocycles. The van der Waals surface area contributed by atoms with Crippen molar-refractivity contribution in [3.8, 4) is 0 Å². The first-order valence-electron chi connectivity index (χ1n) is 7.74. The summed E-state index contributed by atoms with van der Waals surface area (Å²) in [5, 5.41) is 0. The van der Waals surface area contributed by atoms with Gasteiger partial charge in [0.05, 0.1) is 11.7 Å². The number of ether oxygens (including phenoxy) is 1. The van der Waals surface area contributed by atoms with E-state index in [2.05, 4.69) is 11.8 Å². The molecule has 18 heavy (non-hydrogen) atoms. The molecule has 0 aromatic rings. The molecule has 1 heterocycles. The summed E-state index contributed by atoms with van der Waals surface area (Å²) in [5.41, 5.74) is 0.266. The molecule has 106 valence electrons. The Bertz CT molecular complexity index is 235. The summed E-state index contributed by atoms with van der Waals surface area (Å²) in [4.78, 5) is 2.47. The van der Waals surface area contributed by atoms with Gasteiger partial charge >= 0.3 is 0 Å². The molecule has 0 radical (unpaired) electrons. The summed E-state index contributed by atoms with van der Waals surface area (Å²) in [7, 11) is 0. The third kappa shape index (κ3) is 3.85. The molecule has 1 aliphatic carbocycles.